The molecule has 1 unspecified atom stereocenters. The summed E-state index contributed by atoms with van der Waals surface area (Å²) in [6, 6.07) is 4.22. The lowest BCUT2D eigenvalue weighted by molar-refractivity contribution is -0.283. The normalized spacial score (nSPS) is 18.5. The second-order valence-electron chi connectivity index (χ2n) is 17.5. The van der Waals surface area contributed by atoms with Gasteiger partial charge in [0.2, 0.25) is 0 Å². The predicted octanol–water partition coefficient (Wildman–Crippen LogP) is 10.2. The number of thioether (sulfide) groups is 2. The van der Waals surface area contributed by atoms with Crippen molar-refractivity contribution in [2.75, 3.05) is 6.61 Å². The lowest BCUT2D eigenvalue weighted by atomic mass is 9.61. The Bertz CT molecular complexity index is 1530. The van der Waals surface area contributed by atoms with E-state index in [0.29, 0.717) is 11.5 Å². The van der Waals surface area contributed by atoms with E-state index < -0.39 is 25.8 Å². The van der Waals surface area contributed by atoms with Crippen LogP contribution in [0.2, 0.25) is 0 Å². The van der Waals surface area contributed by atoms with Gasteiger partial charge in [-0.15, -0.1) is 31.9 Å². The van der Waals surface area contributed by atoms with E-state index in [4.69, 9.17) is 4.74 Å². The average molecular weight is 726 g/mol. The number of hydrogen-bond acceptors (Lipinski definition) is 9. The van der Waals surface area contributed by atoms with Crippen molar-refractivity contribution < 1.29 is 31.4 Å². The van der Waals surface area contributed by atoms with Gasteiger partial charge in [-0.1, -0.05) is 94.2 Å². The van der Waals surface area contributed by atoms with Gasteiger partial charge in [0, 0.05) is 27.9 Å². The molecule has 8 nitrogen and oxygen atoms in total. The highest BCUT2D eigenvalue weighted by Crippen LogP contribution is 2.58. The van der Waals surface area contributed by atoms with Crippen LogP contribution in [0.25, 0.3) is 0 Å². The molecule has 0 amide bonds. The van der Waals surface area contributed by atoms with E-state index in [-0.39, 0.29) is 45.2 Å². The number of benzene rings is 1. The maximum atomic E-state index is 13.1. The first-order chi connectivity index (χ1) is 21.3. The fourth-order valence-corrected chi connectivity index (χ4v) is 8.69. The summed E-state index contributed by atoms with van der Waals surface area (Å²) in [4.78, 5) is 15.4. The van der Waals surface area contributed by atoms with E-state index in [9.17, 15) is 23.5 Å². The Kier molecular flexibility index (Phi) is 12.6. The van der Waals surface area contributed by atoms with Gasteiger partial charge in [0.05, 0.1) is 10.7 Å². The monoisotopic (exact) mass is 725 g/mol. The molecule has 2 rings (SSSR count). The molecule has 1 aliphatic carbocycles. The number of allylic oxidation sites excluding steroid dienone is 4. The number of aliphatic hydroxyl groups excluding tert-OH is 1. The molecule has 48 heavy (non-hydrogen) atoms. The van der Waals surface area contributed by atoms with Gasteiger partial charge in [-0.05, 0) is 77.0 Å². The smallest absolute Gasteiger partial charge is 0.519 e. The molecule has 0 bridgehead atoms. The molecule has 11 heteroatoms. The maximum Gasteiger partial charge on any atom is 0.519 e. The van der Waals surface area contributed by atoms with Crippen LogP contribution in [0.15, 0.2) is 39.3 Å². The molecule has 0 saturated heterocycles. The van der Waals surface area contributed by atoms with E-state index in [1.165, 1.54) is 4.91 Å². The Morgan fingerprint density at radius 1 is 0.938 bits per heavy atom. The fourth-order valence-electron chi connectivity index (χ4n) is 5.38. The van der Waals surface area contributed by atoms with Gasteiger partial charge >= 0.3 is 16.3 Å². The molecule has 0 spiro atoms. The summed E-state index contributed by atoms with van der Waals surface area (Å²) < 4.78 is 33.0. The van der Waals surface area contributed by atoms with Crippen LogP contribution in [0.3, 0.4) is 0 Å². The highest BCUT2D eigenvalue weighted by Gasteiger charge is 2.47. The zero-order chi connectivity index (χ0) is 37.5. The van der Waals surface area contributed by atoms with Crippen LogP contribution in [0.5, 0.6) is 5.75 Å². The predicted molar refractivity (Wildman–Crippen MR) is 201 cm³/mol. The van der Waals surface area contributed by atoms with Crippen molar-refractivity contribution in [1.29, 1.82) is 0 Å². The van der Waals surface area contributed by atoms with Crippen LogP contribution in [0.4, 0.5) is 0 Å². The molecule has 0 aromatic heterocycles. The third kappa shape index (κ3) is 10.5. The van der Waals surface area contributed by atoms with E-state index in [1.807, 2.05) is 11.8 Å². The lowest BCUT2D eigenvalue weighted by Gasteiger charge is -2.47. The summed E-state index contributed by atoms with van der Waals surface area (Å²) >= 11 is 3.59. The zero-order valence-corrected chi connectivity index (χ0v) is 34.3. The molecule has 1 N–H and O–H groups in total. The largest absolute Gasteiger partial charge is 0.606 e. The highest BCUT2D eigenvalue weighted by molar-refractivity contribution is 8.20. The number of ether oxygens (including phenoxy) is 1. The van der Waals surface area contributed by atoms with Crippen molar-refractivity contribution in [3.05, 3.63) is 50.8 Å². The van der Waals surface area contributed by atoms with Crippen molar-refractivity contribution in [2.24, 2.45) is 16.2 Å². The summed E-state index contributed by atoms with van der Waals surface area (Å²) in [5.41, 5.74) is 1.25. The van der Waals surface area contributed by atoms with Gasteiger partial charge in [0.25, 0.3) is 0 Å². The molecule has 0 heterocycles. The average Bonchev–Trinajstić information content (AvgIpc) is 2.86. The molecule has 0 saturated carbocycles. The van der Waals surface area contributed by atoms with Gasteiger partial charge < -0.3 is 15.1 Å². The molecule has 0 aliphatic heterocycles. The van der Waals surface area contributed by atoms with Gasteiger partial charge in [0.1, 0.15) is 11.5 Å². The highest BCUT2D eigenvalue weighted by atomic mass is 32.2. The Labute approximate surface area is 299 Å². The topological polar surface area (TPSA) is 116 Å². The van der Waals surface area contributed by atoms with Crippen molar-refractivity contribution in [3.8, 4) is 5.75 Å². The molecular weight excluding hydrogens is 667 g/mol. The van der Waals surface area contributed by atoms with Crippen molar-refractivity contribution in [3.63, 3.8) is 0 Å². The van der Waals surface area contributed by atoms with Gasteiger partial charge in [0.15, 0.2) is 6.72 Å². The molecule has 1 aliphatic rings. The summed E-state index contributed by atoms with van der Waals surface area (Å²) in [5, 5.41) is 22.6. The minimum atomic E-state index is -4.47. The molecule has 1 atom stereocenters. The number of hydrogen-bond donors (Lipinski definition) is 1. The number of carbonyl (C=O) groups is 1. The standard InChI is InChI=1S/C37H59NO7S3/c1-32(2,3)26-20-24(21-27(33(4,5)6)30(26)45-29(39)18-17-19-44-48(42,43)38(16)41)46-36(13,14)47-25-22-28(34(7,8)9)31(40)37(15,23-25)35(10,11)12/h20-22,40H,16-19,23H2,1-15H3. The summed E-state index contributed by atoms with van der Waals surface area (Å²) in [6.45, 7) is 34.6. The van der Waals surface area contributed by atoms with E-state index >= 15 is 0 Å². The lowest BCUT2D eigenvalue weighted by Crippen LogP contribution is -2.38. The van der Waals surface area contributed by atoms with Crippen LogP contribution in [-0.4, -0.2) is 41.0 Å². The Morgan fingerprint density at radius 3 is 1.85 bits per heavy atom. The Balaban J connectivity index is 2.48. The summed E-state index contributed by atoms with van der Waals surface area (Å²) in [7, 11) is -4.47. The molecular formula is C37H59NO7S3. The molecule has 1 aromatic carbocycles. The van der Waals surface area contributed by atoms with Crippen LogP contribution in [-0.2, 0) is 30.1 Å². The molecule has 1 aromatic rings. The minimum absolute atomic E-state index is 0.0506. The molecule has 272 valence electrons. The minimum Gasteiger partial charge on any atom is -0.606 e. The Hall–Kier alpha value is -1.95. The van der Waals surface area contributed by atoms with E-state index in [0.717, 1.165) is 28.0 Å². The van der Waals surface area contributed by atoms with E-state index in [1.54, 1.807) is 11.8 Å². The number of esters is 1. The van der Waals surface area contributed by atoms with Gasteiger partial charge in [-0.25, -0.2) is 4.18 Å². The SMILES string of the molecule is C=[N+]([O-])S(=O)(=O)OCCCC(=O)Oc1c(C(C)(C)C)cc(SC(C)(C)SC2=CC(C(C)(C)C)=C(O)C(C)(C(C)(C)C)C2)cc1C(C)(C)C. The quantitative estimate of drug-likeness (QED) is 0.0274. The first-order valence-electron chi connectivity index (χ1n) is 16.4. The number of rotatable bonds is 11. The van der Waals surface area contributed by atoms with Crippen LogP contribution >= 0.6 is 23.5 Å². The molecule has 0 radical (unpaired) electrons. The Morgan fingerprint density at radius 2 is 1.44 bits per heavy atom. The van der Waals surface area contributed by atoms with Gasteiger partial charge in [-0.3, -0.25) is 4.79 Å². The van der Waals surface area contributed by atoms with Gasteiger partial charge in [-0.2, -0.15) is 0 Å². The third-order valence-corrected chi connectivity index (χ3v) is 12.2. The van der Waals surface area contributed by atoms with Crippen LogP contribution in [0.1, 0.15) is 134 Å². The number of nitrogens with zero attached hydrogens (tertiary/aromatic N) is 1. The van der Waals surface area contributed by atoms with Crippen molar-refractivity contribution in [2.45, 2.75) is 143 Å². The second kappa shape index (κ2) is 14.3. The number of aliphatic hydroxyl groups is 1. The van der Waals surface area contributed by atoms with Crippen molar-refractivity contribution >= 4 is 46.5 Å². The first-order valence-corrected chi connectivity index (χ1v) is 19.4. The first kappa shape index (κ1) is 42.2. The van der Waals surface area contributed by atoms with Crippen LogP contribution in [0, 0.1) is 21.5 Å². The maximum absolute atomic E-state index is 13.1. The summed E-state index contributed by atoms with van der Waals surface area (Å²) in [5.74, 6) is 0.476. The fraction of sp³-hybridized carbons (Fsp3) is 0.676. The number of carbonyl (C=O) groups excluding carboxylic acids is 1. The van der Waals surface area contributed by atoms with Crippen LogP contribution < -0.4 is 4.74 Å². The zero-order valence-electron chi connectivity index (χ0n) is 31.8. The third-order valence-electron chi connectivity index (χ3n) is 8.72. The second-order valence-corrected chi connectivity index (χ2v) is 22.7. The summed E-state index contributed by atoms with van der Waals surface area (Å²) in [6.07, 6.45) is 2.89. The van der Waals surface area contributed by atoms with E-state index in [2.05, 4.69) is 133 Å². The molecule has 0 fully saturated rings. The van der Waals surface area contributed by atoms with Crippen molar-refractivity contribution in [1.82, 2.24) is 0 Å².